The van der Waals surface area contributed by atoms with Crippen molar-refractivity contribution in [3.05, 3.63) is 35.9 Å². The average molecular weight is 496 g/mol. The lowest BCUT2D eigenvalue weighted by Crippen LogP contribution is -2.43. The molecular formula is C19H18F6N4O3S. The number of nitrogens with zero attached hydrogens (tertiary/aromatic N) is 4. The van der Waals surface area contributed by atoms with Crippen LogP contribution < -0.4 is 0 Å². The van der Waals surface area contributed by atoms with Gasteiger partial charge in [0, 0.05) is 13.1 Å². The van der Waals surface area contributed by atoms with E-state index in [-0.39, 0.29) is 37.3 Å². The summed E-state index contributed by atoms with van der Waals surface area (Å²) in [5, 5.41) is 2.36. The molecule has 1 saturated heterocycles. The van der Waals surface area contributed by atoms with Crippen LogP contribution in [0.3, 0.4) is 0 Å². The second kappa shape index (κ2) is 7.43. The van der Waals surface area contributed by atoms with Gasteiger partial charge in [0.15, 0.2) is 9.84 Å². The monoisotopic (exact) mass is 496 g/mol. The van der Waals surface area contributed by atoms with E-state index in [0.29, 0.717) is 6.07 Å². The highest BCUT2D eigenvalue weighted by atomic mass is 32.2. The normalized spacial score (nSPS) is 20.8. The van der Waals surface area contributed by atoms with Gasteiger partial charge in [-0.15, -0.1) is 0 Å². The average Bonchev–Trinajstić information content (AvgIpc) is 3.20. The van der Waals surface area contributed by atoms with E-state index < -0.39 is 55.8 Å². The number of carbonyl (C=O) groups excluding carboxylic acids is 1. The third-order valence-electron chi connectivity index (χ3n) is 6.11. The molecule has 0 spiro atoms. The number of carbonyl (C=O) groups is 1. The molecule has 1 aliphatic carbocycles. The van der Waals surface area contributed by atoms with E-state index in [4.69, 9.17) is 0 Å². The minimum absolute atomic E-state index is 0.0552. The fraction of sp³-hybridized carbons (Fsp3) is 0.526. The molecule has 180 valence electrons. The van der Waals surface area contributed by atoms with Gasteiger partial charge in [0.2, 0.25) is 5.91 Å². The molecule has 1 aliphatic heterocycles. The molecule has 1 aromatic heterocycles. The van der Waals surface area contributed by atoms with Crippen LogP contribution >= 0.6 is 0 Å². The van der Waals surface area contributed by atoms with Gasteiger partial charge in [0.25, 0.3) is 0 Å². The van der Waals surface area contributed by atoms with E-state index in [1.807, 2.05) is 0 Å². The van der Waals surface area contributed by atoms with Crippen LogP contribution in [0.5, 0.6) is 0 Å². The van der Waals surface area contributed by atoms with Crippen LogP contribution in [-0.2, 0) is 20.8 Å². The first-order valence-electron chi connectivity index (χ1n) is 9.87. The summed E-state index contributed by atoms with van der Waals surface area (Å²) in [6.45, 7) is 0.626. The third-order valence-corrected chi connectivity index (χ3v) is 8.34. The number of alkyl halides is 6. The quantitative estimate of drug-likeness (QED) is 0.607. The largest absolute Gasteiger partial charge is 0.417 e. The SMILES string of the molecule is Cc1ncnn1-c1ccc(S(=O)(=O)C2CCN(C(=O)C3(C(F)(F)F)CC3)C2)c(C(F)(F)F)c1. The van der Waals surface area contributed by atoms with Crippen molar-refractivity contribution >= 4 is 15.7 Å². The van der Waals surface area contributed by atoms with Crippen LogP contribution in [0.15, 0.2) is 29.4 Å². The highest BCUT2D eigenvalue weighted by Crippen LogP contribution is 2.59. The third kappa shape index (κ3) is 3.87. The minimum Gasteiger partial charge on any atom is -0.341 e. The van der Waals surface area contributed by atoms with E-state index in [9.17, 15) is 39.6 Å². The van der Waals surface area contributed by atoms with Crippen LogP contribution in [0.2, 0.25) is 0 Å². The Kier molecular flexibility index (Phi) is 5.30. The molecule has 1 saturated carbocycles. The number of halogens is 6. The standard InChI is InChI=1S/C19H18F6N4O3S/c1-11-26-10-27-29(11)12-2-3-15(14(8-12)18(20,21)22)33(31,32)13-4-7-28(9-13)16(30)17(5-6-17)19(23,24)25/h2-3,8,10,13H,4-7,9H2,1H3. The molecule has 0 N–H and O–H groups in total. The van der Waals surface area contributed by atoms with Crippen molar-refractivity contribution in [2.75, 3.05) is 13.1 Å². The minimum atomic E-state index is -5.03. The second-order valence-electron chi connectivity index (χ2n) is 8.18. The summed E-state index contributed by atoms with van der Waals surface area (Å²) in [6, 6.07) is 2.58. The Labute approximate surface area is 184 Å². The fourth-order valence-corrected chi connectivity index (χ4v) is 5.95. The molecule has 33 heavy (non-hydrogen) atoms. The summed E-state index contributed by atoms with van der Waals surface area (Å²) in [7, 11) is -4.62. The molecule has 1 atom stereocenters. The number of likely N-dealkylation sites (tertiary alicyclic amines) is 1. The van der Waals surface area contributed by atoms with E-state index in [2.05, 4.69) is 10.1 Å². The zero-order chi connectivity index (χ0) is 24.4. The van der Waals surface area contributed by atoms with Crippen molar-refractivity contribution < 1.29 is 39.6 Å². The second-order valence-corrected chi connectivity index (χ2v) is 10.4. The molecule has 14 heteroatoms. The number of hydrogen-bond donors (Lipinski definition) is 0. The first kappa shape index (κ1) is 23.5. The summed E-state index contributed by atoms with van der Waals surface area (Å²) in [5.74, 6) is -0.942. The number of sulfone groups is 1. The Bertz CT molecular complexity index is 1200. The molecule has 2 aliphatic rings. The molecule has 0 bridgehead atoms. The number of hydrogen-bond acceptors (Lipinski definition) is 5. The molecule has 0 radical (unpaired) electrons. The van der Waals surface area contributed by atoms with Crippen molar-refractivity contribution in [2.45, 2.75) is 48.7 Å². The van der Waals surface area contributed by atoms with E-state index in [1.54, 1.807) is 0 Å². The van der Waals surface area contributed by atoms with Crippen molar-refractivity contribution in [3.63, 3.8) is 0 Å². The molecule has 1 unspecified atom stereocenters. The van der Waals surface area contributed by atoms with Gasteiger partial charge in [-0.3, -0.25) is 4.79 Å². The van der Waals surface area contributed by atoms with Gasteiger partial charge in [-0.1, -0.05) is 0 Å². The number of rotatable bonds is 4. The van der Waals surface area contributed by atoms with Crippen LogP contribution in [0.25, 0.3) is 5.69 Å². The molecule has 1 aromatic carbocycles. The molecular weight excluding hydrogens is 478 g/mol. The van der Waals surface area contributed by atoms with E-state index in [0.717, 1.165) is 28.0 Å². The van der Waals surface area contributed by atoms with Crippen LogP contribution in [0.4, 0.5) is 26.3 Å². The maximum absolute atomic E-state index is 13.8. The first-order valence-corrected chi connectivity index (χ1v) is 11.4. The zero-order valence-corrected chi connectivity index (χ0v) is 17.9. The molecule has 2 fully saturated rings. The molecule has 4 rings (SSSR count). The summed E-state index contributed by atoms with van der Waals surface area (Å²) in [5.41, 5.74) is -3.99. The molecule has 2 aromatic rings. The number of aryl methyl sites for hydroxylation is 1. The lowest BCUT2D eigenvalue weighted by molar-refractivity contribution is -0.197. The first-order chi connectivity index (χ1) is 15.2. The van der Waals surface area contributed by atoms with Crippen molar-refractivity contribution in [1.82, 2.24) is 19.7 Å². The van der Waals surface area contributed by atoms with Gasteiger partial charge in [-0.25, -0.2) is 18.1 Å². The lowest BCUT2D eigenvalue weighted by atomic mass is 10.1. The van der Waals surface area contributed by atoms with Gasteiger partial charge in [0.1, 0.15) is 17.6 Å². The highest BCUT2D eigenvalue weighted by Gasteiger charge is 2.69. The van der Waals surface area contributed by atoms with Gasteiger partial charge < -0.3 is 4.90 Å². The van der Waals surface area contributed by atoms with Gasteiger partial charge in [-0.2, -0.15) is 31.4 Å². The molecule has 7 nitrogen and oxygen atoms in total. The number of benzene rings is 1. The summed E-state index contributed by atoms with van der Waals surface area (Å²) in [6.07, 6.45) is -9.70. The summed E-state index contributed by atoms with van der Waals surface area (Å²) in [4.78, 5) is 16.1. The predicted molar refractivity (Wildman–Crippen MR) is 101 cm³/mol. The Morgan fingerprint density at radius 3 is 2.33 bits per heavy atom. The highest BCUT2D eigenvalue weighted by molar-refractivity contribution is 7.92. The maximum Gasteiger partial charge on any atom is 0.417 e. The Hall–Kier alpha value is -2.64. The fourth-order valence-electron chi connectivity index (χ4n) is 4.06. The number of aromatic nitrogens is 3. The van der Waals surface area contributed by atoms with Crippen molar-refractivity contribution in [1.29, 1.82) is 0 Å². The van der Waals surface area contributed by atoms with Crippen molar-refractivity contribution in [2.24, 2.45) is 5.41 Å². The van der Waals surface area contributed by atoms with E-state index >= 15 is 0 Å². The number of amides is 1. The Morgan fingerprint density at radius 2 is 1.82 bits per heavy atom. The lowest BCUT2D eigenvalue weighted by Gasteiger charge is -2.25. The zero-order valence-electron chi connectivity index (χ0n) is 17.1. The molecule has 1 amide bonds. The Balaban J connectivity index is 1.65. The van der Waals surface area contributed by atoms with Crippen LogP contribution in [0, 0.1) is 12.3 Å². The predicted octanol–water partition coefficient (Wildman–Crippen LogP) is 3.31. The van der Waals surface area contributed by atoms with Crippen LogP contribution in [-0.4, -0.2) is 58.5 Å². The summed E-state index contributed by atoms with van der Waals surface area (Å²) >= 11 is 0. The van der Waals surface area contributed by atoms with E-state index in [1.165, 1.54) is 6.92 Å². The smallest absolute Gasteiger partial charge is 0.341 e. The maximum atomic E-state index is 13.8. The molecule has 2 heterocycles. The summed E-state index contributed by atoms with van der Waals surface area (Å²) < 4.78 is 108. The van der Waals surface area contributed by atoms with Gasteiger partial charge in [0.05, 0.1) is 21.4 Å². The Morgan fingerprint density at radius 1 is 1.15 bits per heavy atom. The van der Waals surface area contributed by atoms with Gasteiger partial charge >= 0.3 is 12.4 Å². The van der Waals surface area contributed by atoms with Crippen molar-refractivity contribution in [3.8, 4) is 5.69 Å². The van der Waals surface area contributed by atoms with Gasteiger partial charge in [-0.05, 0) is 44.4 Å². The topological polar surface area (TPSA) is 85.2 Å². The van der Waals surface area contributed by atoms with Crippen LogP contribution in [0.1, 0.15) is 30.7 Å².